The summed E-state index contributed by atoms with van der Waals surface area (Å²) in [4.78, 5) is 0.267. The van der Waals surface area contributed by atoms with Gasteiger partial charge in [-0.05, 0) is 37.1 Å². The van der Waals surface area contributed by atoms with Crippen molar-refractivity contribution in [2.75, 3.05) is 19.8 Å². The number of ether oxygens (including phenoxy) is 2. The van der Waals surface area contributed by atoms with Crippen molar-refractivity contribution in [1.82, 2.24) is 0 Å². The Hall–Kier alpha value is -1.77. The van der Waals surface area contributed by atoms with Crippen LogP contribution in [0.4, 0.5) is 17.6 Å². The highest BCUT2D eigenvalue weighted by molar-refractivity contribution is 8.00. The van der Waals surface area contributed by atoms with Crippen LogP contribution in [0.25, 0.3) is 0 Å². The van der Waals surface area contributed by atoms with Crippen LogP contribution >= 0.6 is 11.8 Å². The van der Waals surface area contributed by atoms with Gasteiger partial charge in [-0.15, -0.1) is 11.8 Å². The molecule has 1 saturated heterocycles. The summed E-state index contributed by atoms with van der Waals surface area (Å²) < 4.78 is 67.2. The summed E-state index contributed by atoms with van der Waals surface area (Å²) in [5.74, 6) is -3.44. The van der Waals surface area contributed by atoms with E-state index in [4.69, 9.17) is 9.47 Å². The summed E-state index contributed by atoms with van der Waals surface area (Å²) >= 11 is 1.09. The van der Waals surface area contributed by atoms with E-state index in [1.807, 2.05) is 13.8 Å². The van der Waals surface area contributed by atoms with Crippen molar-refractivity contribution in [3.8, 4) is 5.75 Å². The number of benzene rings is 2. The number of aliphatic hydroxyl groups excluding tert-OH is 1. The molecule has 0 aliphatic carbocycles. The number of halogens is 4. The van der Waals surface area contributed by atoms with E-state index in [-0.39, 0.29) is 36.0 Å². The zero-order valence-electron chi connectivity index (χ0n) is 16.8. The van der Waals surface area contributed by atoms with E-state index < -0.39 is 40.0 Å². The molecule has 4 rings (SSSR count). The van der Waals surface area contributed by atoms with Crippen molar-refractivity contribution in [1.29, 1.82) is 0 Å². The Morgan fingerprint density at radius 2 is 1.73 bits per heavy atom. The minimum Gasteiger partial charge on any atom is -0.490 e. The lowest BCUT2D eigenvalue weighted by molar-refractivity contribution is -0.0783. The number of hydrogen-bond acceptors (Lipinski definition) is 4. The van der Waals surface area contributed by atoms with Crippen molar-refractivity contribution in [2.24, 2.45) is 5.92 Å². The van der Waals surface area contributed by atoms with Crippen molar-refractivity contribution in [3.05, 3.63) is 59.2 Å². The Morgan fingerprint density at radius 3 is 2.40 bits per heavy atom. The van der Waals surface area contributed by atoms with Crippen LogP contribution in [0.1, 0.15) is 32.3 Å². The Bertz CT molecular complexity index is 873. The van der Waals surface area contributed by atoms with E-state index >= 15 is 0 Å². The maximum Gasteiger partial charge on any atom is 0.165 e. The zero-order valence-corrected chi connectivity index (χ0v) is 17.6. The van der Waals surface area contributed by atoms with Gasteiger partial charge in [-0.25, -0.2) is 17.6 Å². The van der Waals surface area contributed by atoms with Gasteiger partial charge in [0.1, 0.15) is 17.5 Å². The molecule has 0 amide bonds. The van der Waals surface area contributed by atoms with E-state index in [1.165, 1.54) is 12.1 Å². The van der Waals surface area contributed by atoms with E-state index in [9.17, 15) is 22.7 Å². The lowest BCUT2D eigenvalue weighted by atomic mass is 9.75. The fraction of sp³-hybridized carbons (Fsp3) is 0.455. The van der Waals surface area contributed by atoms with E-state index in [0.29, 0.717) is 12.8 Å². The van der Waals surface area contributed by atoms with Gasteiger partial charge in [0, 0.05) is 35.7 Å². The van der Waals surface area contributed by atoms with Crippen molar-refractivity contribution in [3.63, 3.8) is 0 Å². The molecular formula is C22H24F4O3S. The smallest absolute Gasteiger partial charge is 0.165 e. The van der Waals surface area contributed by atoms with Gasteiger partial charge in [-0.3, -0.25) is 0 Å². The van der Waals surface area contributed by atoms with Crippen LogP contribution in [0.5, 0.6) is 5.75 Å². The summed E-state index contributed by atoms with van der Waals surface area (Å²) in [5.41, 5.74) is 0.0460. The SMILES string of the molecule is CC.OCC[C@H]1OCC[C@]2(Sc3cc(F)cc(F)c3)c3c(F)ccc(F)c3OC[C@H]12. The van der Waals surface area contributed by atoms with Crippen LogP contribution in [0.15, 0.2) is 35.2 Å². The molecule has 164 valence electrons. The van der Waals surface area contributed by atoms with E-state index in [2.05, 4.69) is 0 Å². The molecule has 2 heterocycles. The second kappa shape index (κ2) is 9.58. The molecule has 2 aromatic rings. The van der Waals surface area contributed by atoms with Crippen LogP contribution in [-0.4, -0.2) is 31.0 Å². The highest BCUT2D eigenvalue weighted by Crippen LogP contribution is 2.59. The molecule has 2 aromatic carbocycles. The maximum atomic E-state index is 14.9. The molecule has 0 unspecified atom stereocenters. The fourth-order valence-corrected chi connectivity index (χ4v) is 5.76. The molecule has 8 heteroatoms. The summed E-state index contributed by atoms with van der Waals surface area (Å²) in [5, 5.41) is 9.39. The maximum absolute atomic E-state index is 14.9. The third-order valence-electron chi connectivity index (χ3n) is 5.29. The first kappa shape index (κ1) is 22.9. The number of fused-ring (bicyclic) bond motifs is 3. The molecule has 2 aliphatic rings. The molecule has 1 fully saturated rings. The molecule has 30 heavy (non-hydrogen) atoms. The Labute approximate surface area is 177 Å². The van der Waals surface area contributed by atoms with Gasteiger partial charge in [0.2, 0.25) is 0 Å². The Balaban J connectivity index is 0.00000124. The minimum atomic E-state index is -1.04. The van der Waals surface area contributed by atoms with Gasteiger partial charge in [-0.1, -0.05) is 13.8 Å². The number of rotatable bonds is 4. The van der Waals surface area contributed by atoms with Crippen LogP contribution in [-0.2, 0) is 9.48 Å². The number of hydrogen-bond donors (Lipinski definition) is 1. The lowest BCUT2D eigenvalue weighted by Gasteiger charge is -2.50. The van der Waals surface area contributed by atoms with E-state index in [0.717, 1.165) is 30.0 Å². The quantitative estimate of drug-likeness (QED) is 0.638. The predicted molar refractivity (Wildman–Crippen MR) is 107 cm³/mol. The number of aliphatic hydroxyl groups is 1. The monoisotopic (exact) mass is 444 g/mol. The van der Waals surface area contributed by atoms with Gasteiger partial charge < -0.3 is 14.6 Å². The first-order chi connectivity index (χ1) is 14.4. The van der Waals surface area contributed by atoms with Gasteiger partial charge >= 0.3 is 0 Å². The standard InChI is InChI=1S/C20H18F4O3S.C2H6/c21-11-7-12(22)9-13(8-11)28-20-4-6-26-17(3-5-25)14(20)10-27-19-16(24)2-1-15(23)18(19)20;1-2/h1-2,7-9,14,17,25H,3-6,10H2;1-2H3/t14-,17-,20-;/m1./s1. The second-order valence-electron chi connectivity index (χ2n) is 6.92. The van der Waals surface area contributed by atoms with Crippen LogP contribution in [0, 0.1) is 29.2 Å². The molecular weight excluding hydrogens is 420 g/mol. The first-order valence-corrected chi connectivity index (χ1v) is 10.7. The minimum absolute atomic E-state index is 0.0445. The molecule has 0 saturated carbocycles. The third kappa shape index (κ3) is 4.18. The molecule has 2 aliphatic heterocycles. The van der Waals surface area contributed by atoms with Crippen molar-refractivity contribution >= 4 is 11.8 Å². The number of thioether (sulfide) groups is 1. The zero-order chi connectivity index (χ0) is 21.9. The predicted octanol–water partition coefficient (Wildman–Crippen LogP) is 5.44. The largest absolute Gasteiger partial charge is 0.490 e. The van der Waals surface area contributed by atoms with Gasteiger partial charge in [0.05, 0.1) is 17.5 Å². The molecule has 0 aromatic heterocycles. The van der Waals surface area contributed by atoms with Crippen LogP contribution in [0.3, 0.4) is 0 Å². The summed E-state index contributed by atoms with van der Waals surface area (Å²) in [6.45, 7) is 4.14. The van der Waals surface area contributed by atoms with E-state index in [1.54, 1.807) is 0 Å². The first-order valence-electron chi connectivity index (χ1n) is 9.93. The molecule has 0 radical (unpaired) electrons. The highest BCUT2D eigenvalue weighted by atomic mass is 32.2. The van der Waals surface area contributed by atoms with Crippen molar-refractivity contribution < 1.29 is 32.1 Å². The topological polar surface area (TPSA) is 38.7 Å². The summed E-state index contributed by atoms with van der Waals surface area (Å²) in [6.07, 6.45) is 0.139. The molecule has 0 bridgehead atoms. The molecule has 3 atom stereocenters. The summed E-state index contributed by atoms with van der Waals surface area (Å²) in [7, 11) is 0. The van der Waals surface area contributed by atoms with Crippen LogP contribution < -0.4 is 4.74 Å². The van der Waals surface area contributed by atoms with Crippen molar-refractivity contribution in [2.45, 2.75) is 42.4 Å². The lowest BCUT2D eigenvalue weighted by Crippen LogP contribution is -2.52. The van der Waals surface area contributed by atoms with Gasteiger partial charge in [0.25, 0.3) is 0 Å². The fourth-order valence-electron chi connectivity index (χ4n) is 4.15. The Kier molecular flexibility index (Phi) is 7.31. The molecule has 1 N–H and O–H groups in total. The average molecular weight is 444 g/mol. The van der Waals surface area contributed by atoms with Gasteiger partial charge in [0.15, 0.2) is 11.6 Å². The third-order valence-corrected chi connectivity index (χ3v) is 6.84. The normalized spacial score (nSPS) is 24.8. The molecule has 3 nitrogen and oxygen atoms in total. The summed E-state index contributed by atoms with van der Waals surface area (Å²) in [6, 6.07) is 5.13. The van der Waals surface area contributed by atoms with Gasteiger partial charge in [-0.2, -0.15) is 0 Å². The highest BCUT2D eigenvalue weighted by Gasteiger charge is 2.54. The second-order valence-corrected chi connectivity index (χ2v) is 8.32. The average Bonchev–Trinajstić information content (AvgIpc) is 2.71. The Morgan fingerprint density at radius 1 is 1.07 bits per heavy atom. The molecule has 0 spiro atoms. The van der Waals surface area contributed by atoms with Crippen LogP contribution in [0.2, 0.25) is 0 Å².